The lowest BCUT2D eigenvalue weighted by atomic mass is 9.82. The molecule has 0 bridgehead atoms. The zero-order valence-corrected chi connectivity index (χ0v) is 15.7. The lowest BCUT2D eigenvalue weighted by Gasteiger charge is -2.24. The molecular formula is C19H26N2O2S. The first-order valence-electron chi connectivity index (χ1n) is 8.24. The minimum atomic E-state index is -3.47. The average Bonchev–Trinajstić information content (AvgIpc) is 2.60. The van der Waals surface area contributed by atoms with E-state index in [-0.39, 0.29) is 5.41 Å². The van der Waals surface area contributed by atoms with Gasteiger partial charge in [-0.2, -0.15) is 0 Å². The Morgan fingerprint density at radius 2 is 1.75 bits per heavy atom. The maximum Gasteiger partial charge on any atom is 0.242 e. The van der Waals surface area contributed by atoms with Crippen molar-refractivity contribution in [3.05, 3.63) is 59.9 Å². The lowest BCUT2D eigenvalue weighted by molar-refractivity contribution is 0.470. The predicted octanol–water partition coefficient (Wildman–Crippen LogP) is 3.63. The molecule has 0 atom stereocenters. The van der Waals surface area contributed by atoms with Crippen molar-refractivity contribution in [2.45, 2.75) is 43.9 Å². The van der Waals surface area contributed by atoms with Crippen LogP contribution in [0.2, 0.25) is 0 Å². The maximum atomic E-state index is 12.7. The number of aromatic nitrogens is 1. The third-order valence-electron chi connectivity index (χ3n) is 4.64. The van der Waals surface area contributed by atoms with Gasteiger partial charge in [0.25, 0.3) is 0 Å². The molecule has 5 heteroatoms. The zero-order valence-electron chi connectivity index (χ0n) is 14.9. The van der Waals surface area contributed by atoms with Crippen LogP contribution in [0.1, 0.15) is 38.4 Å². The van der Waals surface area contributed by atoms with Gasteiger partial charge >= 0.3 is 0 Å². The van der Waals surface area contributed by atoms with Crippen molar-refractivity contribution in [3.8, 4) is 0 Å². The topological polar surface area (TPSA) is 50.3 Å². The molecule has 1 aromatic carbocycles. The Hall–Kier alpha value is -1.72. The highest BCUT2D eigenvalue weighted by atomic mass is 32.2. The normalized spacial score (nSPS) is 12.5. The molecule has 0 aliphatic carbocycles. The number of pyridine rings is 1. The fourth-order valence-corrected chi connectivity index (χ4v) is 3.57. The van der Waals surface area contributed by atoms with Crippen LogP contribution in [-0.2, 0) is 21.9 Å². The minimum absolute atomic E-state index is 0.0488. The van der Waals surface area contributed by atoms with E-state index in [1.807, 2.05) is 30.3 Å². The molecule has 4 nitrogen and oxygen atoms in total. The smallest absolute Gasteiger partial charge is 0.242 e. The number of hydrogen-bond acceptors (Lipinski definition) is 3. The lowest BCUT2D eigenvalue weighted by Crippen LogP contribution is -2.29. The van der Waals surface area contributed by atoms with Gasteiger partial charge in [0.15, 0.2) is 0 Å². The molecule has 0 aliphatic heterocycles. The third-order valence-corrected chi connectivity index (χ3v) is 6.51. The highest BCUT2D eigenvalue weighted by Crippen LogP contribution is 2.27. The molecule has 0 radical (unpaired) electrons. The van der Waals surface area contributed by atoms with E-state index in [9.17, 15) is 8.42 Å². The van der Waals surface area contributed by atoms with Crippen LogP contribution < -0.4 is 0 Å². The molecule has 1 heterocycles. The standard InChI is InChI=1S/C19H26N2O2S/c1-5-19(2,3)16-9-11-18(12-10-16)24(22,23)21(4)15-13-17-8-6-7-14-20-17/h6-12,14H,5,13,15H2,1-4H3. The molecule has 0 saturated carbocycles. The van der Waals surface area contributed by atoms with Crippen LogP contribution in [0.5, 0.6) is 0 Å². The summed E-state index contributed by atoms with van der Waals surface area (Å²) in [5.74, 6) is 0. The summed E-state index contributed by atoms with van der Waals surface area (Å²) in [6, 6.07) is 12.9. The van der Waals surface area contributed by atoms with E-state index in [1.54, 1.807) is 25.4 Å². The number of benzene rings is 1. The number of rotatable bonds is 7. The molecule has 0 unspecified atom stereocenters. The van der Waals surface area contributed by atoms with Gasteiger partial charge in [0.1, 0.15) is 0 Å². The van der Waals surface area contributed by atoms with Gasteiger partial charge in [-0.05, 0) is 41.7 Å². The van der Waals surface area contributed by atoms with Crippen molar-refractivity contribution < 1.29 is 8.42 Å². The van der Waals surface area contributed by atoms with E-state index in [0.717, 1.165) is 17.7 Å². The molecule has 0 saturated heterocycles. The van der Waals surface area contributed by atoms with Crippen molar-refractivity contribution in [2.75, 3.05) is 13.6 Å². The summed E-state index contributed by atoms with van der Waals surface area (Å²) < 4.78 is 26.8. The van der Waals surface area contributed by atoms with Crippen LogP contribution in [0, 0.1) is 0 Å². The van der Waals surface area contributed by atoms with Crippen LogP contribution in [0.25, 0.3) is 0 Å². The van der Waals surface area contributed by atoms with Gasteiger partial charge < -0.3 is 0 Å². The molecular weight excluding hydrogens is 320 g/mol. The number of nitrogens with zero attached hydrogens (tertiary/aromatic N) is 2. The Kier molecular flexibility index (Phi) is 5.78. The first-order valence-corrected chi connectivity index (χ1v) is 9.68. The predicted molar refractivity (Wildman–Crippen MR) is 97.5 cm³/mol. The molecule has 0 N–H and O–H groups in total. The Bertz CT molecular complexity index is 754. The van der Waals surface area contributed by atoms with Crippen LogP contribution in [0.3, 0.4) is 0 Å². The maximum absolute atomic E-state index is 12.7. The summed E-state index contributed by atoms with van der Waals surface area (Å²) >= 11 is 0. The van der Waals surface area contributed by atoms with Gasteiger partial charge in [-0.3, -0.25) is 4.98 Å². The third kappa shape index (κ3) is 4.22. The van der Waals surface area contributed by atoms with E-state index < -0.39 is 10.0 Å². The number of likely N-dealkylation sites (N-methyl/N-ethyl adjacent to an activating group) is 1. The Balaban J connectivity index is 2.11. The molecule has 0 aliphatic rings. The first-order chi connectivity index (χ1) is 11.3. The van der Waals surface area contributed by atoms with Crippen molar-refractivity contribution in [1.82, 2.24) is 9.29 Å². The Labute approximate surface area is 145 Å². The van der Waals surface area contributed by atoms with Gasteiger partial charge in [-0.15, -0.1) is 0 Å². The van der Waals surface area contributed by atoms with E-state index in [4.69, 9.17) is 0 Å². The Morgan fingerprint density at radius 3 is 2.29 bits per heavy atom. The Morgan fingerprint density at radius 1 is 1.08 bits per heavy atom. The summed E-state index contributed by atoms with van der Waals surface area (Å²) in [6.45, 7) is 6.86. The molecule has 130 valence electrons. The first kappa shape index (κ1) is 18.6. The van der Waals surface area contributed by atoms with Crippen molar-refractivity contribution in [1.29, 1.82) is 0 Å². The van der Waals surface area contributed by atoms with E-state index in [1.165, 1.54) is 4.31 Å². The highest BCUT2D eigenvalue weighted by molar-refractivity contribution is 7.89. The molecule has 0 spiro atoms. The fourth-order valence-electron chi connectivity index (χ4n) is 2.40. The molecule has 0 fully saturated rings. The number of sulfonamides is 1. The quantitative estimate of drug-likeness (QED) is 0.769. The van der Waals surface area contributed by atoms with Gasteiger partial charge in [-0.25, -0.2) is 12.7 Å². The van der Waals surface area contributed by atoms with Gasteiger partial charge in [0.2, 0.25) is 10.0 Å². The summed E-state index contributed by atoms with van der Waals surface area (Å²) in [6.07, 6.45) is 3.32. The van der Waals surface area contributed by atoms with Crippen molar-refractivity contribution in [2.24, 2.45) is 0 Å². The zero-order chi connectivity index (χ0) is 17.8. The second-order valence-corrected chi connectivity index (χ2v) is 8.70. The fraction of sp³-hybridized carbons (Fsp3) is 0.421. The average molecular weight is 346 g/mol. The highest BCUT2D eigenvalue weighted by Gasteiger charge is 2.23. The summed E-state index contributed by atoms with van der Waals surface area (Å²) in [5, 5.41) is 0. The second-order valence-electron chi connectivity index (χ2n) is 6.66. The summed E-state index contributed by atoms with van der Waals surface area (Å²) in [7, 11) is -1.86. The minimum Gasteiger partial charge on any atom is -0.261 e. The van der Waals surface area contributed by atoms with Crippen molar-refractivity contribution in [3.63, 3.8) is 0 Å². The molecule has 1 aromatic heterocycles. The van der Waals surface area contributed by atoms with Gasteiger partial charge in [-0.1, -0.05) is 39.0 Å². The molecule has 2 aromatic rings. The second kappa shape index (κ2) is 7.45. The van der Waals surface area contributed by atoms with E-state index in [2.05, 4.69) is 25.8 Å². The van der Waals surface area contributed by atoms with Crippen LogP contribution >= 0.6 is 0 Å². The van der Waals surface area contributed by atoms with Crippen LogP contribution in [0.4, 0.5) is 0 Å². The molecule has 2 rings (SSSR count). The van der Waals surface area contributed by atoms with Gasteiger partial charge in [0, 0.05) is 31.9 Å². The van der Waals surface area contributed by atoms with E-state index in [0.29, 0.717) is 17.9 Å². The SMILES string of the molecule is CCC(C)(C)c1ccc(S(=O)(=O)N(C)CCc2ccccn2)cc1. The van der Waals surface area contributed by atoms with Crippen LogP contribution in [-0.4, -0.2) is 31.3 Å². The molecule has 0 amide bonds. The molecule has 24 heavy (non-hydrogen) atoms. The van der Waals surface area contributed by atoms with Crippen LogP contribution in [0.15, 0.2) is 53.6 Å². The summed E-state index contributed by atoms with van der Waals surface area (Å²) in [5.41, 5.74) is 2.09. The largest absolute Gasteiger partial charge is 0.261 e. The van der Waals surface area contributed by atoms with Crippen molar-refractivity contribution >= 4 is 10.0 Å². The van der Waals surface area contributed by atoms with Gasteiger partial charge in [0.05, 0.1) is 4.90 Å². The monoisotopic (exact) mass is 346 g/mol. The summed E-state index contributed by atoms with van der Waals surface area (Å²) in [4.78, 5) is 4.57. The number of hydrogen-bond donors (Lipinski definition) is 0. The van der Waals surface area contributed by atoms with E-state index >= 15 is 0 Å².